The molecule has 0 spiro atoms. The molecule has 0 amide bonds. The number of nitrogens with one attached hydrogen (secondary N) is 1. The van der Waals surface area contributed by atoms with E-state index in [0.29, 0.717) is 15.5 Å². The lowest BCUT2D eigenvalue weighted by molar-refractivity contribution is 0.468. The van der Waals surface area contributed by atoms with Crippen molar-refractivity contribution in [2.45, 2.75) is 13.5 Å². The van der Waals surface area contributed by atoms with Gasteiger partial charge in [0.2, 0.25) is 0 Å². The molecule has 19 heavy (non-hydrogen) atoms. The summed E-state index contributed by atoms with van der Waals surface area (Å²) in [6.45, 7) is 2.65. The van der Waals surface area contributed by atoms with Gasteiger partial charge in [0.25, 0.3) is 0 Å². The molecule has 0 atom stereocenters. The molecule has 100 valence electrons. The van der Waals surface area contributed by atoms with Crippen LogP contribution in [0.5, 0.6) is 5.75 Å². The summed E-state index contributed by atoms with van der Waals surface area (Å²) >= 11 is 10.0. The summed E-state index contributed by atoms with van der Waals surface area (Å²) in [5.41, 5.74) is 3.09. The number of aromatic hydroxyl groups is 1. The average Bonchev–Trinajstić information content (AvgIpc) is 2.37. The van der Waals surface area contributed by atoms with Gasteiger partial charge in [-0.15, -0.1) is 0 Å². The van der Waals surface area contributed by atoms with Gasteiger partial charge in [0, 0.05) is 6.54 Å². The lowest BCUT2D eigenvalue weighted by Gasteiger charge is -2.09. The van der Waals surface area contributed by atoms with Crippen molar-refractivity contribution in [1.29, 1.82) is 0 Å². The number of anilines is 1. The standard InChI is InChI=1S/C13H11Br3N2O/c1-7-2-9(6-18-13(7)16)17-5-8-3-10(14)12(19)11(15)4-8/h2-4,6,17,19H,5H2,1H3. The van der Waals surface area contributed by atoms with Gasteiger partial charge in [0.15, 0.2) is 0 Å². The number of rotatable bonds is 3. The summed E-state index contributed by atoms with van der Waals surface area (Å²) in [7, 11) is 0. The van der Waals surface area contributed by atoms with Crippen LogP contribution in [0.1, 0.15) is 11.1 Å². The van der Waals surface area contributed by atoms with Crippen LogP contribution in [0.4, 0.5) is 5.69 Å². The zero-order valence-electron chi connectivity index (χ0n) is 10.0. The molecule has 0 saturated carbocycles. The predicted molar refractivity (Wildman–Crippen MR) is 87.5 cm³/mol. The molecular formula is C13H11Br3N2O. The van der Waals surface area contributed by atoms with Crippen molar-refractivity contribution in [3.63, 3.8) is 0 Å². The predicted octanol–water partition coefficient (Wildman–Crippen LogP) is 5.00. The number of nitrogens with zero attached hydrogens (tertiary/aromatic N) is 1. The molecule has 0 bridgehead atoms. The van der Waals surface area contributed by atoms with Gasteiger partial charge in [-0.1, -0.05) is 0 Å². The van der Waals surface area contributed by atoms with Crippen LogP contribution in [-0.2, 0) is 6.54 Å². The van der Waals surface area contributed by atoms with Crippen molar-refractivity contribution in [2.75, 3.05) is 5.32 Å². The summed E-state index contributed by atoms with van der Waals surface area (Å²) in [5.74, 6) is 0.213. The normalized spacial score (nSPS) is 10.5. The van der Waals surface area contributed by atoms with Gasteiger partial charge < -0.3 is 10.4 Å². The topological polar surface area (TPSA) is 45.1 Å². The highest BCUT2D eigenvalue weighted by atomic mass is 79.9. The van der Waals surface area contributed by atoms with E-state index in [0.717, 1.165) is 21.4 Å². The van der Waals surface area contributed by atoms with E-state index in [9.17, 15) is 5.11 Å². The fourth-order valence-electron chi connectivity index (χ4n) is 1.58. The van der Waals surface area contributed by atoms with E-state index < -0.39 is 0 Å². The Morgan fingerprint density at radius 3 is 2.37 bits per heavy atom. The fourth-order valence-corrected chi connectivity index (χ4v) is 3.08. The monoisotopic (exact) mass is 448 g/mol. The van der Waals surface area contributed by atoms with Crippen LogP contribution in [0.15, 0.2) is 37.9 Å². The number of aromatic nitrogens is 1. The number of halogens is 3. The van der Waals surface area contributed by atoms with Crippen molar-refractivity contribution in [2.24, 2.45) is 0 Å². The lowest BCUT2D eigenvalue weighted by atomic mass is 10.2. The molecule has 2 aromatic rings. The molecule has 2 rings (SSSR count). The third-order valence-corrected chi connectivity index (χ3v) is 4.63. The third-order valence-electron chi connectivity index (χ3n) is 2.59. The lowest BCUT2D eigenvalue weighted by Crippen LogP contribution is -2.00. The van der Waals surface area contributed by atoms with Gasteiger partial charge in [0.1, 0.15) is 10.4 Å². The Morgan fingerprint density at radius 1 is 1.16 bits per heavy atom. The Bertz CT molecular complexity index is 594. The van der Waals surface area contributed by atoms with Crippen molar-refractivity contribution < 1.29 is 5.11 Å². The maximum absolute atomic E-state index is 9.65. The van der Waals surface area contributed by atoms with Crippen LogP contribution < -0.4 is 5.32 Å². The first-order valence-electron chi connectivity index (χ1n) is 5.50. The van der Waals surface area contributed by atoms with Crippen LogP contribution in [0.25, 0.3) is 0 Å². The third kappa shape index (κ3) is 3.70. The number of phenolic OH excluding ortho intramolecular Hbond substituents is 1. The quantitative estimate of drug-likeness (QED) is 0.647. The Balaban J connectivity index is 2.12. The molecule has 0 aliphatic carbocycles. The van der Waals surface area contributed by atoms with Crippen LogP contribution in [-0.4, -0.2) is 10.1 Å². The van der Waals surface area contributed by atoms with E-state index in [1.165, 1.54) is 0 Å². The van der Waals surface area contributed by atoms with E-state index in [2.05, 4.69) is 58.1 Å². The first-order valence-corrected chi connectivity index (χ1v) is 7.88. The Hall–Kier alpha value is -0.590. The number of phenols is 1. The van der Waals surface area contributed by atoms with Gasteiger partial charge in [-0.25, -0.2) is 4.98 Å². The number of pyridine rings is 1. The van der Waals surface area contributed by atoms with Crippen molar-refractivity contribution in [1.82, 2.24) is 4.98 Å². The van der Waals surface area contributed by atoms with E-state index in [1.807, 2.05) is 25.1 Å². The molecule has 1 heterocycles. The first kappa shape index (κ1) is 14.8. The molecular weight excluding hydrogens is 440 g/mol. The zero-order valence-corrected chi connectivity index (χ0v) is 14.8. The SMILES string of the molecule is Cc1cc(NCc2cc(Br)c(O)c(Br)c2)cnc1Br. The minimum atomic E-state index is 0.213. The molecule has 3 nitrogen and oxygen atoms in total. The molecule has 2 N–H and O–H groups in total. The molecule has 0 fully saturated rings. The molecule has 0 radical (unpaired) electrons. The summed E-state index contributed by atoms with van der Waals surface area (Å²) in [6, 6.07) is 5.79. The molecule has 6 heteroatoms. The van der Waals surface area contributed by atoms with E-state index in [4.69, 9.17) is 0 Å². The average molecular weight is 451 g/mol. The highest BCUT2D eigenvalue weighted by molar-refractivity contribution is 9.11. The summed E-state index contributed by atoms with van der Waals surface area (Å²) < 4.78 is 2.20. The van der Waals surface area contributed by atoms with Crippen molar-refractivity contribution >= 4 is 53.5 Å². The highest BCUT2D eigenvalue weighted by Crippen LogP contribution is 2.33. The van der Waals surface area contributed by atoms with Gasteiger partial charge in [-0.3, -0.25) is 0 Å². The second-order valence-electron chi connectivity index (χ2n) is 4.09. The van der Waals surface area contributed by atoms with E-state index in [1.54, 1.807) is 6.20 Å². The number of benzene rings is 1. The summed E-state index contributed by atoms with van der Waals surface area (Å²) in [5, 5.41) is 12.9. The number of hydrogen-bond donors (Lipinski definition) is 2. The number of aryl methyl sites for hydroxylation is 1. The Labute approximate surface area is 136 Å². The van der Waals surface area contributed by atoms with E-state index in [-0.39, 0.29) is 5.75 Å². The van der Waals surface area contributed by atoms with Crippen molar-refractivity contribution in [3.8, 4) is 5.75 Å². The fraction of sp³-hybridized carbons (Fsp3) is 0.154. The second kappa shape index (κ2) is 6.24. The van der Waals surface area contributed by atoms with Crippen LogP contribution in [0.2, 0.25) is 0 Å². The van der Waals surface area contributed by atoms with Gasteiger partial charge in [-0.2, -0.15) is 0 Å². The number of hydrogen-bond acceptors (Lipinski definition) is 3. The maximum atomic E-state index is 9.65. The molecule has 0 unspecified atom stereocenters. The van der Waals surface area contributed by atoms with Gasteiger partial charge in [0.05, 0.1) is 20.8 Å². The molecule has 0 aliphatic rings. The summed E-state index contributed by atoms with van der Waals surface area (Å²) in [6.07, 6.45) is 1.78. The Morgan fingerprint density at radius 2 is 1.79 bits per heavy atom. The molecule has 1 aromatic carbocycles. The largest absolute Gasteiger partial charge is 0.506 e. The maximum Gasteiger partial charge on any atom is 0.143 e. The smallest absolute Gasteiger partial charge is 0.143 e. The van der Waals surface area contributed by atoms with Crippen LogP contribution in [0, 0.1) is 6.92 Å². The zero-order chi connectivity index (χ0) is 14.0. The highest BCUT2D eigenvalue weighted by Gasteiger charge is 2.06. The van der Waals surface area contributed by atoms with Crippen LogP contribution in [0.3, 0.4) is 0 Å². The minimum Gasteiger partial charge on any atom is -0.506 e. The van der Waals surface area contributed by atoms with Gasteiger partial charge in [-0.05, 0) is 84.0 Å². The van der Waals surface area contributed by atoms with Crippen LogP contribution >= 0.6 is 47.8 Å². The Kier molecular flexibility index (Phi) is 4.86. The summed E-state index contributed by atoms with van der Waals surface area (Å²) in [4.78, 5) is 4.24. The van der Waals surface area contributed by atoms with Gasteiger partial charge >= 0.3 is 0 Å². The molecule has 0 aliphatic heterocycles. The first-order chi connectivity index (χ1) is 8.97. The second-order valence-corrected chi connectivity index (χ2v) is 6.55. The molecule has 1 aromatic heterocycles. The minimum absolute atomic E-state index is 0.213. The van der Waals surface area contributed by atoms with E-state index >= 15 is 0 Å². The van der Waals surface area contributed by atoms with Crippen molar-refractivity contribution in [3.05, 3.63) is 49.1 Å². The molecule has 0 saturated heterocycles.